The number of hydrogen-bond acceptors (Lipinski definition) is 2. The van der Waals surface area contributed by atoms with Crippen LogP contribution in [0.4, 0.5) is 0 Å². The molecule has 1 amide bonds. The van der Waals surface area contributed by atoms with E-state index in [0.29, 0.717) is 6.42 Å². The van der Waals surface area contributed by atoms with Crippen LogP contribution < -0.4 is 11.1 Å². The molecule has 0 saturated carbocycles. The van der Waals surface area contributed by atoms with Crippen molar-refractivity contribution in [2.75, 3.05) is 0 Å². The lowest BCUT2D eigenvalue weighted by Crippen LogP contribution is -2.51. The van der Waals surface area contributed by atoms with Crippen LogP contribution in [0.15, 0.2) is 28.7 Å². The first kappa shape index (κ1) is 14.2. The van der Waals surface area contributed by atoms with Crippen LogP contribution in [0.25, 0.3) is 0 Å². The third-order valence-electron chi connectivity index (χ3n) is 2.95. The van der Waals surface area contributed by atoms with Crippen LogP contribution in [0.5, 0.6) is 0 Å². The molecule has 0 aliphatic carbocycles. The fourth-order valence-corrected chi connectivity index (χ4v) is 1.80. The highest BCUT2D eigenvalue weighted by atomic mass is 79.9. The Labute approximate surface area is 111 Å². The second-order valence-electron chi connectivity index (χ2n) is 4.52. The van der Waals surface area contributed by atoms with Gasteiger partial charge in [-0.25, -0.2) is 0 Å². The molecule has 94 valence electrons. The van der Waals surface area contributed by atoms with Gasteiger partial charge < -0.3 is 11.1 Å². The van der Waals surface area contributed by atoms with E-state index < -0.39 is 5.54 Å². The monoisotopic (exact) mass is 298 g/mol. The average Bonchev–Trinajstić information content (AvgIpc) is 2.28. The van der Waals surface area contributed by atoms with Crippen molar-refractivity contribution in [1.82, 2.24) is 5.32 Å². The van der Waals surface area contributed by atoms with Crippen molar-refractivity contribution in [1.29, 1.82) is 0 Å². The summed E-state index contributed by atoms with van der Waals surface area (Å²) < 4.78 is 1.00. The second-order valence-corrected chi connectivity index (χ2v) is 5.44. The van der Waals surface area contributed by atoms with Crippen molar-refractivity contribution in [2.45, 2.75) is 38.8 Å². The minimum absolute atomic E-state index is 0.0468. The van der Waals surface area contributed by atoms with Crippen molar-refractivity contribution in [3.63, 3.8) is 0 Å². The third kappa shape index (κ3) is 3.82. The summed E-state index contributed by atoms with van der Waals surface area (Å²) >= 11 is 3.41. The molecule has 0 saturated heterocycles. The Morgan fingerprint density at radius 1 is 1.59 bits per heavy atom. The van der Waals surface area contributed by atoms with Crippen LogP contribution in [-0.2, 0) is 4.79 Å². The summed E-state index contributed by atoms with van der Waals surface area (Å²) in [6, 6.07) is 7.83. The first-order valence-electron chi connectivity index (χ1n) is 5.72. The van der Waals surface area contributed by atoms with E-state index in [1.54, 1.807) is 6.92 Å². The molecule has 1 unspecified atom stereocenters. The molecule has 0 heterocycles. The highest BCUT2D eigenvalue weighted by Gasteiger charge is 2.27. The smallest absolute Gasteiger partial charge is 0.240 e. The van der Waals surface area contributed by atoms with E-state index in [2.05, 4.69) is 21.2 Å². The van der Waals surface area contributed by atoms with E-state index in [9.17, 15) is 4.79 Å². The Hall–Kier alpha value is -0.870. The standard InChI is InChI=1S/C13H19BrN2O/c1-4-13(3,15)12(17)16-9(2)10-6-5-7-11(14)8-10/h5-9H,4,15H2,1-3H3,(H,16,17)/t9-,13?/m1/s1. The number of halogens is 1. The van der Waals surface area contributed by atoms with Crippen LogP contribution in [0, 0.1) is 0 Å². The fourth-order valence-electron chi connectivity index (χ4n) is 1.38. The van der Waals surface area contributed by atoms with E-state index in [1.165, 1.54) is 0 Å². The number of nitrogens with one attached hydrogen (secondary N) is 1. The average molecular weight is 299 g/mol. The second kappa shape index (κ2) is 5.65. The van der Waals surface area contributed by atoms with Gasteiger partial charge in [-0.15, -0.1) is 0 Å². The molecule has 0 aliphatic heterocycles. The van der Waals surface area contributed by atoms with E-state index >= 15 is 0 Å². The number of rotatable bonds is 4. The Kier molecular flexibility index (Phi) is 4.71. The summed E-state index contributed by atoms with van der Waals surface area (Å²) in [5.41, 5.74) is 6.14. The summed E-state index contributed by atoms with van der Waals surface area (Å²) in [6.07, 6.45) is 0.615. The molecule has 1 aromatic carbocycles. The van der Waals surface area contributed by atoms with Crippen molar-refractivity contribution in [3.8, 4) is 0 Å². The van der Waals surface area contributed by atoms with Gasteiger partial charge in [0.1, 0.15) is 0 Å². The summed E-state index contributed by atoms with van der Waals surface area (Å²) in [5, 5.41) is 2.93. The SMILES string of the molecule is CCC(C)(N)C(=O)N[C@H](C)c1cccc(Br)c1. The maximum absolute atomic E-state index is 11.9. The van der Waals surface area contributed by atoms with Crippen molar-refractivity contribution in [3.05, 3.63) is 34.3 Å². The lowest BCUT2D eigenvalue weighted by molar-refractivity contribution is -0.126. The van der Waals surface area contributed by atoms with Crippen molar-refractivity contribution < 1.29 is 4.79 Å². The van der Waals surface area contributed by atoms with Gasteiger partial charge in [0.15, 0.2) is 0 Å². The first-order valence-corrected chi connectivity index (χ1v) is 6.51. The largest absolute Gasteiger partial charge is 0.348 e. The van der Waals surface area contributed by atoms with Crippen LogP contribution in [0.3, 0.4) is 0 Å². The summed E-state index contributed by atoms with van der Waals surface area (Å²) in [7, 11) is 0. The molecule has 4 heteroatoms. The molecule has 2 atom stereocenters. The molecule has 3 N–H and O–H groups in total. The van der Waals surface area contributed by atoms with Gasteiger partial charge in [-0.2, -0.15) is 0 Å². The highest BCUT2D eigenvalue weighted by molar-refractivity contribution is 9.10. The number of amides is 1. The van der Waals surface area contributed by atoms with Crippen LogP contribution in [0.2, 0.25) is 0 Å². The lowest BCUT2D eigenvalue weighted by Gasteiger charge is -2.24. The molecule has 1 rings (SSSR count). The number of carbonyl (C=O) groups is 1. The molecule has 1 aromatic rings. The van der Waals surface area contributed by atoms with Crippen molar-refractivity contribution >= 4 is 21.8 Å². The summed E-state index contributed by atoms with van der Waals surface area (Å²) in [6.45, 7) is 5.60. The van der Waals surface area contributed by atoms with Gasteiger partial charge in [-0.1, -0.05) is 35.0 Å². The molecule has 0 fully saturated rings. The number of hydrogen-bond donors (Lipinski definition) is 2. The number of benzene rings is 1. The van der Waals surface area contributed by atoms with Gasteiger partial charge in [0.05, 0.1) is 11.6 Å². The zero-order valence-electron chi connectivity index (χ0n) is 10.5. The lowest BCUT2D eigenvalue weighted by atomic mass is 9.98. The molecule has 0 aromatic heterocycles. The summed E-state index contributed by atoms with van der Waals surface area (Å²) in [5.74, 6) is -0.118. The zero-order valence-corrected chi connectivity index (χ0v) is 12.0. The molecule has 3 nitrogen and oxygen atoms in total. The molecule has 17 heavy (non-hydrogen) atoms. The quantitative estimate of drug-likeness (QED) is 0.898. The Morgan fingerprint density at radius 3 is 2.76 bits per heavy atom. The normalized spacial score (nSPS) is 16.1. The van der Waals surface area contributed by atoms with Gasteiger partial charge in [0, 0.05) is 4.47 Å². The maximum Gasteiger partial charge on any atom is 0.240 e. The van der Waals surface area contributed by atoms with Gasteiger partial charge >= 0.3 is 0 Å². The van der Waals surface area contributed by atoms with Crippen LogP contribution >= 0.6 is 15.9 Å². The number of nitrogens with two attached hydrogens (primary N) is 1. The van der Waals surface area contributed by atoms with E-state index in [0.717, 1.165) is 10.0 Å². The molecular weight excluding hydrogens is 280 g/mol. The minimum Gasteiger partial charge on any atom is -0.348 e. The summed E-state index contributed by atoms with van der Waals surface area (Å²) in [4.78, 5) is 11.9. The van der Waals surface area contributed by atoms with E-state index in [-0.39, 0.29) is 11.9 Å². The van der Waals surface area contributed by atoms with Crippen molar-refractivity contribution in [2.24, 2.45) is 5.73 Å². The minimum atomic E-state index is -0.805. The van der Waals surface area contributed by atoms with Crippen LogP contribution in [-0.4, -0.2) is 11.4 Å². The fraction of sp³-hybridized carbons (Fsp3) is 0.462. The van der Waals surface area contributed by atoms with E-state index in [4.69, 9.17) is 5.73 Å². The predicted molar refractivity (Wildman–Crippen MR) is 73.6 cm³/mol. The molecule has 0 radical (unpaired) electrons. The van der Waals surface area contributed by atoms with Gasteiger partial charge in [0.2, 0.25) is 5.91 Å². The molecular formula is C13H19BrN2O. The number of carbonyl (C=O) groups excluding carboxylic acids is 1. The third-order valence-corrected chi connectivity index (χ3v) is 3.44. The first-order chi connectivity index (χ1) is 7.86. The Bertz CT molecular complexity index is 404. The maximum atomic E-state index is 11.9. The van der Waals surface area contributed by atoms with Gasteiger partial charge in [-0.3, -0.25) is 4.79 Å². The topological polar surface area (TPSA) is 55.1 Å². The van der Waals surface area contributed by atoms with Gasteiger partial charge in [-0.05, 0) is 38.0 Å². The molecule has 0 spiro atoms. The zero-order chi connectivity index (χ0) is 13.1. The Balaban J connectivity index is 2.73. The van der Waals surface area contributed by atoms with E-state index in [1.807, 2.05) is 38.1 Å². The van der Waals surface area contributed by atoms with Crippen LogP contribution in [0.1, 0.15) is 38.8 Å². The Morgan fingerprint density at radius 2 is 2.24 bits per heavy atom. The van der Waals surface area contributed by atoms with Gasteiger partial charge in [0.25, 0.3) is 0 Å². The predicted octanol–water partition coefficient (Wildman–Crippen LogP) is 2.75. The molecule has 0 bridgehead atoms. The highest BCUT2D eigenvalue weighted by Crippen LogP contribution is 2.18. The molecule has 0 aliphatic rings.